The van der Waals surface area contributed by atoms with E-state index in [1.807, 2.05) is 0 Å². The molecule has 0 spiro atoms. The molecule has 3 amide bonds. The summed E-state index contributed by atoms with van der Waals surface area (Å²) in [6, 6.07) is 10.9. The Morgan fingerprint density at radius 2 is 1.79 bits per heavy atom. The van der Waals surface area contributed by atoms with Crippen LogP contribution in [0.15, 0.2) is 48.7 Å². The fourth-order valence-electron chi connectivity index (χ4n) is 1.46. The number of amides is 3. The highest BCUT2D eigenvalue weighted by atomic mass is 16.2. The first-order valence-electron chi connectivity index (χ1n) is 5.54. The zero-order valence-electron chi connectivity index (χ0n) is 9.96. The normalized spacial score (nSPS) is 9.68. The number of aromatic nitrogens is 1. The Kier molecular flexibility index (Phi) is 3.72. The lowest BCUT2D eigenvalue weighted by molar-refractivity contribution is 0.0968. The van der Waals surface area contributed by atoms with Crippen LogP contribution < -0.4 is 16.4 Å². The van der Waals surface area contributed by atoms with Gasteiger partial charge in [0.25, 0.3) is 5.91 Å². The zero-order valence-corrected chi connectivity index (χ0v) is 9.96. The van der Waals surface area contributed by atoms with Gasteiger partial charge in [-0.25, -0.2) is 9.78 Å². The predicted molar refractivity (Wildman–Crippen MR) is 71.6 cm³/mol. The third kappa shape index (κ3) is 3.29. The first-order chi connectivity index (χ1) is 9.16. The van der Waals surface area contributed by atoms with Crippen molar-refractivity contribution in [3.63, 3.8) is 0 Å². The summed E-state index contributed by atoms with van der Waals surface area (Å²) in [5.41, 5.74) is 6.20. The van der Waals surface area contributed by atoms with Gasteiger partial charge < -0.3 is 5.73 Å². The third-order valence-corrected chi connectivity index (χ3v) is 2.34. The number of para-hydroxylation sites is 1. The molecule has 6 nitrogen and oxygen atoms in total. The van der Waals surface area contributed by atoms with Crippen LogP contribution >= 0.6 is 0 Å². The van der Waals surface area contributed by atoms with Crippen LogP contribution in [0.25, 0.3) is 0 Å². The van der Waals surface area contributed by atoms with Crippen LogP contribution in [0.4, 0.5) is 16.3 Å². The molecule has 0 atom stereocenters. The summed E-state index contributed by atoms with van der Waals surface area (Å²) < 4.78 is 0. The van der Waals surface area contributed by atoms with Crippen molar-refractivity contribution in [3.05, 3.63) is 54.2 Å². The number of rotatable bonds is 2. The molecule has 0 aliphatic carbocycles. The molecule has 0 aliphatic rings. The number of benzene rings is 1. The Morgan fingerprint density at radius 3 is 2.47 bits per heavy atom. The molecule has 19 heavy (non-hydrogen) atoms. The number of imide groups is 1. The first-order valence-corrected chi connectivity index (χ1v) is 5.54. The highest BCUT2D eigenvalue weighted by Crippen LogP contribution is 2.10. The maximum absolute atomic E-state index is 11.8. The van der Waals surface area contributed by atoms with Gasteiger partial charge in [0.05, 0.1) is 5.56 Å². The van der Waals surface area contributed by atoms with Gasteiger partial charge in [-0.05, 0) is 24.3 Å². The monoisotopic (exact) mass is 256 g/mol. The van der Waals surface area contributed by atoms with Crippen LogP contribution in [0.2, 0.25) is 0 Å². The molecular formula is C13H12N4O2. The SMILES string of the molecule is Nc1ccccc1C(=O)NC(=O)Nc1ccccn1. The van der Waals surface area contributed by atoms with Gasteiger partial charge in [0.2, 0.25) is 0 Å². The van der Waals surface area contributed by atoms with Gasteiger partial charge in [0.1, 0.15) is 5.82 Å². The second-order valence-electron chi connectivity index (χ2n) is 3.71. The van der Waals surface area contributed by atoms with E-state index in [0.29, 0.717) is 11.5 Å². The van der Waals surface area contributed by atoms with Crippen LogP contribution in [0.5, 0.6) is 0 Å². The fourth-order valence-corrected chi connectivity index (χ4v) is 1.46. The number of anilines is 2. The molecule has 6 heteroatoms. The molecule has 2 rings (SSSR count). The van der Waals surface area contributed by atoms with Crippen molar-refractivity contribution in [3.8, 4) is 0 Å². The fraction of sp³-hybridized carbons (Fsp3) is 0. The quantitative estimate of drug-likeness (QED) is 0.711. The lowest BCUT2D eigenvalue weighted by Crippen LogP contribution is -2.34. The van der Waals surface area contributed by atoms with E-state index in [0.717, 1.165) is 0 Å². The Bertz CT molecular complexity index is 599. The largest absolute Gasteiger partial charge is 0.398 e. The van der Waals surface area contributed by atoms with E-state index in [2.05, 4.69) is 15.6 Å². The van der Waals surface area contributed by atoms with E-state index in [1.165, 1.54) is 6.20 Å². The Hall–Kier alpha value is -2.89. The summed E-state index contributed by atoms with van der Waals surface area (Å²) in [4.78, 5) is 27.3. The first kappa shape index (κ1) is 12.6. The Balaban J connectivity index is 2.00. The number of nitrogen functional groups attached to an aromatic ring is 1. The lowest BCUT2D eigenvalue weighted by atomic mass is 10.2. The lowest BCUT2D eigenvalue weighted by Gasteiger charge is -2.07. The van der Waals surface area contributed by atoms with Crippen molar-refractivity contribution in [2.75, 3.05) is 11.1 Å². The number of pyridine rings is 1. The molecule has 1 aromatic carbocycles. The van der Waals surface area contributed by atoms with Gasteiger partial charge in [0, 0.05) is 11.9 Å². The van der Waals surface area contributed by atoms with Gasteiger partial charge in [0.15, 0.2) is 0 Å². The van der Waals surface area contributed by atoms with Crippen LogP contribution in [0, 0.1) is 0 Å². The maximum Gasteiger partial charge on any atom is 0.327 e. The number of nitrogens with zero attached hydrogens (tertiary/aromatic N) is 1. The van der Waals surface area contributed by atoms with Crippen molar-refractivity contribution in [1.29, 1.82) is 0 Å². The molecule has 0 saturated heterocycles. The number of carbonyl (C=O) groups is 2. The molecule has 4 N–H and O–H groups in total. The summed E-state index contributed by atoms with van der Waals surface area (Å²) in [6.45, 7) is 0. The maximum atomic E-state index is 11.8. The summed E-state index contributed by atoms with van der Waals surface area (Å²) in [6.07, 6.45) is 1.53. The molecule has 0 bridgehead atoms. The van der Waals surface area contributed by atoms with Gasteiger partial charge in [-0.2, -0.15) is 0 Å². The summed E-state index contributed by atoms with van der Waals surface area (Å²) in [7, 11) is 0. The molecule has 0 saturated carbocycles. The number of carbonyl (C=O) groups excluding carboxylic acids is 2. The van der Waals surface area contributed by atoms with Gasteiger partial charge in [-0.15, -0.1) is 0 Å². The van der Waals surface area contributed by atoms with Crippen molar-refractivity contribution in [2.24, 2.45) is 0 Å². The molecule has 0 unspecified atom stereocenters. The summed E-state index contributed by atoms with van der Waals surface area (Å²) >= 11 is 0. The number of nitrogens with one attached hydrogen (secondary N) is 2. The minimum absolute atomic E-state index is 0.249. The highest BCUT2D eigenvalue weighted by molar-refractivity contribution is 6.09. The molecule has 0 aliphatic heterocycles. The van der Waals surface area contributed by atoms with E-state index in [4.69, 9.17) is 5.73 Å². The van der Waals surface area contributed by atoms with Crippen molar-refractivity contribution < 1.29 is 9.59 Å². The summed E-state index contributed by atoms with van der Waals surface area (Å²) in [5, 5.41) is 4.62. The standard InChI is InChI=1S/C13H12N4O2/c14-10-6-2-1-5-9(10)12(18)17-13(19)16-11-7-3-4-8-15-11/h1-8H,14H2,(H2,15,16,17,18,19). The molecule has 1 heterocycles. The third-order valence-electron chi connectivity index (χ3n) is 2.34. The highest BCUT2D eigenvalue weighted by Gasteiger charge is 2.12. The average molecular weight is 256 g/mol. The van der Waals surface area contributed by atoms with E-state index in [1.54, 1.807) is 42.5 Å². The van der Waals surface area contributed by atoms with E-state index < -0.39 is 11.9 Å². The van der Waals surface area contributed by atoms with Gasteiger partial charge >= 0.3 is 6.03 Å². The summed E-state index contributed by atoms with van der Waals surface area (Å²) in [5.74, 6) is -0.208. The number of hydrogen-bond donors (Lipinski definition) is 3. The van der Waals surface area contributed by atoms with E-state index in [9.17, 15) is 9.59 Å². The topological polar surface area (TPSA) is 97.1 Å². The number of hydrogen-bond acceptors (Lipinski definition) is 4. The van der Waals surface area contributed by atoms with Gasteiger partial charge in [-0.1, -0.05) is 18.2 Å². The average Bonchev–Trinajstić information content (AvgIpc) is 2.40. The molecule has 2 aromatic rings. The van der Waals surface area contributed by atoms with Crippen LogP contribution in [0.3, 0.4) is 0 Å². The molecule has 96 valence electrons. The molecule has 1 aromatic heterocycles. The Labute approximate surface area is 109 Å². The van der Waals surface area contributed by atoms with Crippen LogP contribution in [0.1, 0.15) is 10.4 Å². The minimum atomic E-state index is -0.660. The second-order valence-corrected chi connectivity index (χ2v) is 3.71. The van der Waals surface area contributed by atoms with Crippen molar-refractivity contribution in [2.45, 2.75) is 0 Å². The second kappa shape index (κ2) is 5.63. The van der Waals surface area contributed by atoms with Crippen molar-refractivity contribution >= 4 is 23.4 Å². The minimum Gasteiger partial charge on any atom is -0.398 e. The predicted octanol–water partition coefficient (Wildman–Crippen LogP) is 1.63. The van der Waals surface area contributed by atoms with Crippen LogP contribution in [-0.2, 0) is 0 Å². The molecular weight excluding hydrogens is 244 g/mol. The van der Waals surface area contributed by atoms with Crippen molar-refractivity contribution in [1.82, 2.24) is 10.3 Å². The zero-order chi connectivity index (χ0) is 13.7. The number of nitrogens with two attached hydrogens (primary N) is 1. The molecule has 0 fully saturated rings. The molecule has 0 radical (unpaired) electrons. The van der Waals surface area contributed by atoms with Gasteiger partial charge in [-0.3, -0.25) is 15.4 Å². The smallest absolute Gasteiger partial charge is 0.327 e. The van der Waals surface area contributed by atoms with E-state index in [-0.39, 0.29) is 5.56 Å². The Morgan fingerprint density at radius 1 is 1.05 bits per heavy atom. The van der Waals surface area contributed by atoms with E-state index >= 15 is 0 Å². The number of urea groups is 1. The van der Waals surface area contributed by atoms with Crippen LogP contribution in [-0.4, -0.2) is 16.9 Å².